The van der Waals surface area contributed by atoms with Crippen LogP contribution < -0.4 is 14.8 Å². The van der Waals surface area contributed by atoms with Crippen molar-refractivity contribution in [3.63, 3.8) is 0 Å². The van der Waals surface area contributed by atoms with Gasteiger partial charge >= 0.3 is 0 Å². The van der Waals surface area contributed by atoms with Crippen LogP contribution in [0.1, 0.15) is 37.6 Å². The summed E-state index contributed by atoms with van der Waals surface area (Å²) < 4.78 is 13.9. The number of carbonyl (C=O) groups is 1. The molecule has 1 aromatic heterocycles. The molecular formula is C29H32ClN3O3. The number of nitrogens with zero attached hydrogens (tertiary/aromatic N) is 2. The molecule has 0 saturated heterocycles. The second kappa shape index (κ2) is 12.5. The molecule has 0 saturated carbocycles. The number of hydrogen-bond acceptors (Lipinski definition) is 4. The van der Waals surface area contributed by atoms with Crippen LogP contribution in [0.25, 0.3) is 11.0 Å². The SMILES string of the molecule is CC(C)c1ccccc1OCCn1c(CCCNC(=O)COc2ccc(Cl)cc2)nc2ccccc21. The highest BCUT2D eigenvalue weighted by Crippen LogP contribution is 2.26. The van der Waals surface area contributed by atoms with Gasteiger partial charge in [0.2, 0.25) is 0 Å². The van der Waals surface area contributed by atoms with E-state index in [4.69, 9.17) is 26.1 Å². The van der Waals surface area contributed by atoms with Crippen molar-refractivity contribution in [3.05, 3.63) is 89.2 Å². The lowest BCUT2D eigenvalue weighted by atomic mass is 10.0. The maximum Gasteiger partial charge on any atom is 0.257 e. The van der Waals surface area contributed by atoms with Crippen molar-refractivity contribution in [2.75, 3.05) is 19.8 Å². The fourth-order valence-electron chi connectivity index (χ4n) is 4.11. The molecule has 0 atom stereocenters. The molecular weight excluding hydrogens is 474 g/mol. The first kappa shape index (κ1) is 25.6. The van der Waals surface area contributed by atoms with Crippen LogP contribution >= 0.6 is 11.6 Å². The first-order chi connectivity index (χ1) is 17.5. The number of ether oxygens (including phenoxy) is 2. The minimum atomic E-state index is -0.157. The average molecular weight is 506 g/mol. The third-order valence-electron chi connectivity index (χ3n) is 5.93. The van der Waals surface area contributed by atoms with Gasteiger partial charge in [-0.25, -0.2) is 4.98 Å². The fourth-order valence-corrected chi connectivity index (χ4v) is 4.23. The summed E-state index contributed by atoms with van der Waals surface area (Å²) >= 11 is 5.87. The number of fused-ring (bicyclic) bond motifs is 1. The molecule has 1 N–H and O–H groups in total. The third kappa shape index (κ3) is 6.79. The van der Waals surface area contributed by atoms with E-state index in [1.165, 1.54) is 5.56 Å². The number of hydrogen-bond donors (Lipinski definition) is 1. The summed E-state index contributed by atoms with van der Waals surface area (Å²) in [6.07, 6.45) is 1.52. The van der Waals surface area contributed by atoms with Crippen molar-refractivity contribution in [2.45, 2.75) is 39.2 Å². The number of rotatable bonds is 12. The lowest BCUT2D eigenvalue weighted by Crippen LogP contribution is -2.30. The van der Waals surface area contributed by atoms with E-state index >= 15 is 0 Å². The van der Waals surface area contributed by atoms with Gasteiger partial charge in [0.25, 0.3) is 5.91 Å². The molecule has 4 aromatic rings. The predicted molar refractivity (Wildman–Crippen MR) is 144 cm³/mol. The minimum absolute atomic E-state index is 0.0324. The molecule has 0 bridgehead atoms. The summed E-state index contributed by atoms with van der Waals surface area (Å²) in [5, 5.41) is 3.55. The van der Waals surface area contributed by atoms with Gasteiger partial charge in [-0.2, -0.15) is 0 Å². The Hall–Kier alpha value is -3.51. The molecule has 0 radical (unpaired) electrons. The van der Waals surface area contributed by atoms with Crippen LogP contribution in [0.4, 0.5) is 0 Å². The van der Waals surface area contributed by atoms with Gasteiger partial charge in [0.1, 0.15) is 23.9 Å². The van der Waals surface area contributed by atoms with Gasteiger partial charge < -0.3 is 19.4 Å². The van der Waals surface area contributed by atoms with Gasteiger partial charge in [-0.05, 0) is 60.4 Å². The van der Waals surface area contributed by atoms with Gasteiger partial charge in [0, 0.05) is 18.0 Å². The largest absolute Gasteiger partial charge is 0.491 e. The molecule has 0 aliphatic rings. The molecule has 0 spiro atoms. The summed E-state index contributed by atoms with van der Waals surface area (Å²) in [5.41, 5.74) is 3.27. The summed E-state index contributed by atoms with van der Waals surface area (Å²) in [4.78, 5) is 17.0. The van der Waals surface area contributed by atoms with E-state index in [9.17, 15) is 4.79 Å². The lowest BCUT2D eigenvalue weighted by molar-refractivity contribution is -0.123. The highest BCUT2D eigenvalue weighted by molar-refractivity contribution is 6.30. The van der Waals surface area contributed by atoms with Gasteiger partial charge in [0.15, 0.2) is 6.61 Å². The normalized spacial score (nSPS) is 11.1. The molecule has 7 heteroatoms. The molecule has 36 heavy (non-hydrogen) atoms. The smallest absolute Gasteiger partial charge is 0.257 e. The van der Waals surface area contributed by atoms with Crippen molar-refractivity contribution in [2.24, 2.45) is 0 Å². The first-order valence-electron chi connectivity index (χ1n) is 12.3. The monoisotopic (exact) mass is 505 g/mol. The Morgan fingerprint density at radius 1 is 1.00 bits per heavy atom. The van der Waals surface area contributed by atoms with Crippen molar-refractivity contribution in [3.8, 4) is 11.5 Å². The zero-order chi connectivity index (χ0) is 25.3. The summed E-state index contributed by atoms with van der Waals surface area (Å²) in [6, 6.07) is 23.3. The van der Waals surface area contributed by atoms with Gasteiger partial charge in [-0.1, -0.05) is 55.8 Å². The highest BCUT2D eigenvalue weighted by atomic mass is 35.5. The van der Waals surface area contributed by atoms with E-state index < -0.39 is 0 Å². The van der Waals surface area contributed by atoms with E-state index in [1.807, 2.05) is 36.4 Å². The van der Waals surface area contributed by atoms with Crippen molar-refractivity contribution >= 4 is 28.5 Å². The topological polar surface area (TPSA) is 65.4 Å². The Labute approximate surface area is 217 Å². The molecule has 0 unspecified atom stereocenters. The Morgan fingerprint density at radius 2 is 1.75 bits per heavy atom. The number of para-hydroxylation sites is 3. The molecule has 3 aromatic carbocycles. The number of amides is 1. The van der Waals surface area contributed by atoms with Crippen LogP contribution in [0.5, 0.6) is 11.5 Å². The standard InChI is InChI=1S/C29H32ClN3O3/c1-21(2)24-8-3-6-11-27(24)35-19-18-33-26-10-5-4-9-25(26)32-28(33)12-7-17-31-29(34)20-36-23-15-13-22(30)14-16-23/h3-6,8-11,13-16,21H,7,12,17-20H2,1-2H3,(H,31,34). The Bertz CT molecular complexity index is 1280. The van der Waals surface area contributed by atoms with Crippen LogP contribution in [0.15, 0.2) is 72.8 Å². The highest BCUT2D eigenvalue weighted by Gasteiger charge is 2.12. The third-order valence-corrected chi connectivity index (χ3v) is 6.18. The second-order valence-corrected chi connectivity index (χ2v) is 9.34. The van der Waals surface area contributed by atoms with E-state index in [1.54, 1.807) is 24.3 Å². The zero-order valence-electron chi connectivity index (χ0n) is 20.7. The first-order valence-corrected chi connectivity index (χ1v) is 12.7. The van der Waals surface area contributed by atoms with E-state index in [0.717, 1.165) is 35.4 Å². The summed E-state index contributed by atoms with van der Waals surface area (Å²) in [5.74, 6) is 2.78. The quantitative estimate of drug-likeness (QED) is 0.239. The number of imidazole rings is 1. The molecule has 0 aliphatic heterocycles. The summed E-state index contributed by atoms with van der Waals surface area (Å²) in [7, 11) is 0. The molecule has 1 amide bonds. The van der Waals surface area contributed by atoms with Crippen molar-refractivity contribution in [1.82, 2.24) is 14.9 Å². The number of halogens is 1. The average Bonchev–Trinajstić information content (AvgIpc) is 3.24. The number of aromatic nitrogens is 2. The second-order valence-electron chi connectivity index (χ2n) is 8.91. The van der Waals surface area contributed by atoms with Crippen molar-refractivity contribution < 1.29 is 14.3 Å². The zero-order valence-corrected chi connectivity index (χ0v) is 21.5. The molecule has 1 heterocycles. The number of carbonyl (C=O) groups excluding carboxylic acids is 1. The van der Waals surface area contributed by atoms with Crippen molar-refractivity contribution in [1.29, 1.82) is 0 Å². The lowest BCUT2D eigenvalue weighted by Gasteiger charge is -2.15. The minimum Gasteiger partial charge on any atom is -0.491 e. The van der Waals surface area contributed by atoms with Gasteiger partial charge in [-0.15, -0.1) is 0 Å². The number of aryl methyl sites for hydroxylation is 1. The fraction of sp³-hybridized carbons (Fsp3) is 0.310. The molecule has 0 aliphatic carbocycles. The molecule has 188 valence electrons. The Balaban J connectivity index is 1.30. The molecule has 6 nitrogen and oxygen atoms in total. The van der Waals surface area contributed by atoms with Crippen LogP contribution in [0.2, 0.25) is 5.02 Å². The number of benzene rings is 3. The van der Waals surface area contributed by atoms with Crippen LogP contribution in [-0.2, 0) is 17.8 Å². The summed E-state index contributed by atoms with van der Waals surface area (Å²) in [6.45, 7) is 6.11. The number of nitrogens with one attached hydrogen (secondary N) is 1. The Kier molecular flexibility index (Phi) is 8.85. The van der Waals surface area contributed by atoms with E-state index in [0.29, 0.717) is 36.4 Å². The molecule has 4 rings (SSSR count). The van der Waals surface area contributed by atoms with Crippen LogP contribution in [0.3, 0.4) is 0 Å². The van der Waals surface area contributed by atoms with E-state index in [2.05, 4.69) is 35.9 Å². The van der Waals surface area contributed by atoms with Crippen LogP contribution in [0, 0.1) is 0 Å². The maximum atomic E-state index is 12.2. The predicted octanol–water partition coefficient (Wildman–Crippen LogP) is 6.02. The van der Waals surface area contributed by atoms with Gasteiger partial charge in [-0.3, -0.25) is 4.79 Å². The maximum absolute atomic E-state index is 12.2. The Morgan fingerprint density at radius 3 is 2.56 bits per heavy atom. The molecule has 0 fully saturated rings. The van der Waals surface area contributed by atoms with Crippen LogP contribution in [-0.4, -0.2) is 35.2 Å². The van der Waals surface area contributed by atoms with E-state index in [-0.39, 0.29) is 12.5 Å². The van der Waals surface area contributed by atoms with Gasteiger partial charge in [0.05, 0.1) is 17.6 Å².